The maximum Gasteiger partial charge on any atom is 0.150 e. The minimum atomic E-state index is -2.79. The Balaban J connectivity index is 1.79. The van der Waals surface area contributed by atoms with E-state index in [4.69, 9.17) is 4.74 Å². The van der Waals surface area contributed by atoms with Crippen molar-refractivity contribution in [1.82, 2.24) is 0 Å². The minimum absolute atomic E-state index is 0.331. The summed E-state index contributed by atoms with van der Waals surface area (Å²) in [6.07, 6.45) is 1.66. The standard InChI is InChI=1S/C12H17NO3S/c1-16-7-12(6-13)2-8-9(3-12)11-5-17(14,15)4-10(8)11/h8-11H,2-5,7H2,1H3/t8-,9+,10-,11+,12?. The van der Waals surface area contributed by atoms with E-state index in [0.717, 1.165) is 12.8 Å². The first-order chi connectivity index (χ1) is 8.00. The average Bonchev–Trinajstić information content (AvgIpc) is 2.74. The predicted molar refractivity (Wildman–Crippen MR) is 61.8 cm³/mol. The molecule has 0 aromatic rings. The topological polar surface area (TPSA) is 67.2 Å². The molecule has 2 aliphatic carbocycles. The van der Waals surface area contributed by atoms with Gasteiger partial charge in [0.05, 0.1) is 29.6 Å². The molecule has 3 aliphatic rings. The van der Waals surface area contributed by atoms with Crippen LogP contribution in [0.25, 0.3) is 0 Å². The molecule has 94 valence electrons. The molecule has 5 atom stereocenters. The first-order valence-electron chi connectivity index (χ1n) is 6.11. The monoisotopic (exact) mass is 255 g/mol. The Labute approximate surface area is 102 Å². The first-order valence-corrected chi connectivity index (χ1v) is 7.93. The first kappa shape index (κ1) is 11.5. The van der Waals surface area contributed by atoms with Gasteiger partial charge < -0.3 is 4.74 Å². The zero-order valence-electron chi connectivity index (χ0n) is 9.93. The predicted octanol–water partition coefficient (Wildman–Crippen LogP) is 0.843. The molecule has 0 spiro atoms. The maximum atomic E-state index is 11.6. The van der Waals surface area contributed by atoms with Crippen LogP contribution in [-0.4, -0.2) is 33.6 Å². The molecule has 17 heavy (non-hydrogen) atoms. The molecule has 2 saturated carbocycles. The summed E-state index contributed by atoms with van der Waals surface area (Å²) in [6, 6.07) is 2.41. The van der Waals surface area contributed by atoms with E-state index in [1.165, 1.54) is 0 Å². The molecule has 0 amide bonds. The summed E-state index contributed by atoms with van der Waals surface area (Å²) < 4.78 is 28.3. The summed E-state index contributed by atoms with van der Waals surface area (Å²) in [4.78, 5) is 0. The molecule has 1 heterocycles. The number of hydrogen-bond donors (Lipinski definition) is 0. The van der Waals surface area contributed by atoms with Crippen molar-refractivity contribution >= 4 is 9.84 Å². The summed E-state index contributed by atoms with van der Waals surface area (Å²) in [5.74, 6) is 2.27. The Morgan fingerprint density at radius 1 is 1.24 bits per heavy atom. The molecule has 3 fully saturated rings. The van der Waals surface area contributed by atoms with Crippen molar-refractivity contribution in [2.24, 2.45) is 29.1 Å². The number of hydrogen-bond acceptors (Lipinski definition) is 4. The van der Waals surface area contributed by atoms with E-state index < -0.39 is 9.84 Å². The van der Waals surface area contributed by atoms with Crippen LogP contribution in [0, 0.1) is 40.4 Å². The van der Waals surface area contributed by atoms with Gasteiger partial charge in [0.25, 0.3) is 0 Å². The van der Waals surface area contributed by atoms with Gasteiger partial charge in [0.1, 0.15) is 0 Å². The lowest BCUT2D eigenvalue weighted by atomic mass is 9.60. The molecule has 1 saturated heterocycles. The lowest BCUT2D eigenvalue weighted by Gasteiger charge is -2.43. The van der Waals surface area contributed by atoms with E-state index in [1.807, 2.05) is 0 Å². The highest BCUT2D eigenvalue weighted by Crippen LogP contribution is 2.63. The highest BCUT2D eigenvalue weighted by atomic mass is 32.2. The van der Waals surface area contributed by atoms with Crippen molar-refractivity contribution in [1.29, 1.82) is 5.26 Å². The molecule has 0 radical (unpaired) electrons. The third-order valence-electron chi connectivity index (χ3n) is 5.00. The van der Waals surface area contributed by atoms with Gasteiger partial charge in [-0.05, 0) is 36.5 Å². The van der Waals surface area contributed by atoms with Gasteiger partial charge in [-0.25, -0.2) is 8.42 Å². The van der Waals surface area contributed by atoms with Crippen LogP contribution in [0.1, 0.15) is 12.8 Å². The smallest absolute Gasteiger partial charge is 0.150 e. The van der Waals surface area contributed by atoms with Crippen molar-refractivity contribution in [2.75, 3.05) is 25.2 Å². The van der Waals surface area contributed by atoms with Gasteiger partial charge in [-0.1, -0.05) is 0 Å². The van der Waals surface area contributed by atoms with Crippen molar-refractivity contribution in [3.63, 3.8) is 0 Å². The molecular formula is C12H17NO3S. The third kappa shape index (κ3) is 1.54. The van der Waals surface area contributed by atoms with E-state index >= 15 is 0 Å². The summed E-state index contributed by atoms with van der Waals surface area (Å²) in [7, 11) is -1.17. The van der Waals surface area contributed by atoms with Gasteiger partial charge in [0.2, 0.25) is 0 Å². The highest BCUT2D eigenvalue weighted by Gasteiger charge is 2.63. The summed E-state index contributed by atoms with van der Waals surface area (Å²) in [5.41, 5.74) is -0.349. The van der Waals surface area contributed by atoms with Gasteiger partial charge in [-0.15, -0.1) is 0 Å². The quantitative estimate of drug-likeness (QED) is 0.733. The molecule has 4 nitrogen and oxygen atoms in total. The lowest BCUT2D eigenvalue weighted by Crippen LogP contribution is -2.42. The van der Waals surface area contributed by atoms with Crippen LogP contribution in [0.5, 0.6) is 0 Å². The zero-order valence-corrected chi connectivity index (χ0v) is 10.7. The van der Waals surface area contributed by atoms with E-state index in [2.05, 4.69) is 6.07 Å². The van der Waals surface area contributed by atoms with Crippen LogP contribution in [0.4, 0.5) is 0 Å². The maximum absolute atomic E-state index is 11.6. The summed E-state index contributed by atoms with van der Waals surface area (Å²) in [5, 5.41) is 9.33. The normalized spacial score (nSPS) is 50.1. The molecule has 0 aromatic carbocycles. The fourth-order valence-corrected chi connectivity index (χ4v) is 6.68. The molecule has 5 heteroatoms. The van der Waals surface area contributed by atoms with Crippen molar-refractivity contribution < 1.29 is 13.2 Å². The third-order valence-corrected chi connectivity index (χ3v) is 6.79. The number of methoxy groups -OCH3 is 1. The van der Waals surface area contributed by atoms with Crippen LogP contribution >= 0.6 is 0 Å². The number of ether oxygens (including phenoxy) is 1. The molecule has 0 N–H and O–H groups in total. The van der Waals surface area contributed by atoms with Crippen molar-refractivity contribution in [3.8, 4) is 6.07 Å². The Kier molecular flexibility index (Phi) is 2.34. The Morgan fingerprint density at radius 2 is 1.76 bits per heavy atom. The number of nitrogens with zero attached hydrogens (tertiary/aromatic N) is 1. The summed E-state index contributed by atoms with van der Waals surface area (Å²) >= 11 is 0. The van der Waals surface area contributed by atoms with Gasteiger partial charge in [-0.2, -0.15) is 5.26 Å². The van der Waals surface area contributed by atoms with Crippen LogP contribution in [0.2, 0.25) is 0 Å². The van der Waals surface area contributed by atoms with Crippen molar-refractivity contribution in [3.05, 3.63) is 0 Å². The molecule has 0 aromatic heterocycles. The molecule has 3 rings (SSSR count). The largest absolute Gasteiger partial charge is 0.383 e. The van der Waals surface area contributed by atoms with Gasteiger partial charge in [-0.3, -0.25) is 0 Å². The second-order valence-corrected chi connectivity index (χ2v) is 8.12. The van der Waals surface area contributed by atoms with Gasteiger partial charge in [0.15, 0.2) is 9.84 Å². The zero-order chi connectivity index (χ0) is 12.3. The Bertz CT molecular complexity index is 452. The SMILES string of the molecule is COCC1(C#N)C[C@@H]2[C@H](C1)[C@@H]1CS(=O)(=O)C[C@H]21. The molecule has 1 aliphatic heterocycles. The number of fused-ring (bicyclic) bond motifs is 4. The van der Waals surface area contributed by atoms with Crippen LogP contribution in [0.3, 0.4) is 0 Å². The van der Waals surface area contributed by atoms with E-state index in [1.54, 1.807) is 7.11 Å². The fraction of sp³-hybridized carbons (Fsp3) is 0.917. The highest BCUT2D eigenvalue weighted by molar-refractivity contribution is 7.91. The minimum Gasteiger partial charge on any atom is -0.383 e. The van der Waals surface area contributed by atoms with E-state index in [-0.39, 0.29) is 5.41 Å². The van der Waals surface area contributed by atoms with Crippen LogP contribution < -0.4 is 0 Å². The molecular weight excluding hydrogens is 238 g/mol. The summed E-state index contributed by atoms with van der Waals surface area (Å²) in [6.45, 7) is 0.489. The number of sulfone groups is 1. The Hall–Kier alpha value is -0.600. The van der Waals surface area contributed by atoms with Gasteiger partial charge in [0, 0.05) is 7.11 Å². The average molecular weight is 255 g/mol. The molecule has 0 bridgehead atoms. The van der Waals surface area contributed by atoms with Crippen LogP contribution in [0.15, 0.2) is 0 Å². The second-order valence-electron chi connectivity index (χ2n) is 5.97. The lowest BCUT2D eigenvalue weighted by molar-refractivity contribution is 0.0462. The number of nitriles is 1. The van der Waals surface area contributed by atoms with Crippen LogP contribution in [-0.2, 0) is 14.6 Å². The molecule has 1 unspecified atom stereocenters. The number of rotatable bonds is 2. The van der Waals surface area contributed by atoms with Crippen molar-refractivity contribution in [2.45, 2.75) is 12.8 Å². The van der Waals surface area contributed by atoms with E-state index in [0.29, 0.717) is 41.8 Å². The second kappa shape index (κ2) is 3.46. The van der Waals surface area contributed by atoms with E-state index in [9.17, 15) is 13.7 Å². The van der Waals surface area contributed by atoms with Gasteiger partial charge >= 0.3 is 0 Å². The fourth-order valence-electron chi connectivity index (χ4n) is 4.38. The Morgan fingerprint density at radius 3 is 2.18 bits per heavy atom.